The minimum atomic E-state index is -1.54. The Morgan fingerprint density at radius 3 is 1.53 bits per heavy atom. The summed E-state index contributed by atoms with van der Waals surface area (Å²) in [7, 11) is 0. The second-order valence-corrected chi connectivity index (χ2v) is 16.7. The fraction of sp³-hybridized carbons (Fsp3) is 0.703. The molecule has 1 aromatic rings. The van der Waals surface area contributed by atoms with Crippen LogP contribution < -0.4 is 0 Å². The van der Waals surface area contributed by atoms with Gasteiger partial charge in [-0.05, 0) is 102 Å². The Morgan fingerprint density at radius 1 is 0.673 bits per heavy atom. The molecule has 0 saturated carbocycles. The number of hydrogen-bond donors (Lipinski definition) is 1. The van der Waals surface area contributed by atoms with Gasteiger partial charge in [0.1, 0.15) is 12.7 Å². The third-order valence-corrected chi connectivity index (χ3v) is 7.68. The van der Waals surface area contributed by atoms with Gasteiger partial charge in [0, 0.05) is 0 Å². The highest BCUT2D eigenvalue weighted by molar-refractivity contribution is 5.78. The lowest BCUT2D eigenvalue weighted by molar-refractivity contribution is -0.321. The van der Waals surface area contributed by atoms with E-state index < -0.39 is 101 Å². The van der Waals surface area contributed by atoms with E-state index >= 15 is 0 Å². The average molecular weight is 693 g/mol. The minimum absolute atomic E-state index is 0.109. The minimum Gasteiger partial charge on any atom is -0.481 e. The lowest BCUT2D eigenvalue weighted by atomic mass is 9.92. The SMILES string of the molecule is C[C@H](O[C@@H]1O[C@H](COC(=O)C(C)(C)C)[C@@H](OC(=O)C(C)(C)C)[C@H](OC(=O)C(C)(C)C)[C@H]1OC(=O)C(C)(C)C)C(Cc1ccccc1)C(=O)O. The van der Waals surface area contributed by atoms with Gasteiger partial charge in [0.05, 0.1) is 33.7 Å². The molecular formula is C37H56O12. The van der Waals surface area contributed by atoms with Crippen LogP contribution in [0.25, 0.3) is 0 Å². The van der Waals surface area contributed by atoms with Gasteiger partial charge >= 0.3 is 29.8 Å². The van der Waals surface area contributed by atoms with Crippen LogP contribution in [-0.2, 0) is 58.8 Å². The van der Waals surface area contributed by atoms with Crippen molar-refractivity contribution in [3.8, 4) is 0 Å². The summed E-state index contributed by atoms with van der Waals surface area (Å²) in [5.74, 6) is -4.91. The van der Waals surface area contributed by atoms with Crippen LogP contribution >= 0.6 is 0 Å². The maximum atomic E-state index is 13.5. The second kappa shape index (κ2) is 16.0. The first kappa shape index (κ1) is 41.7. The molecule has 1 saturated heterocycles. The number of benzene rings is 1. The number of carbonyl (C=O) groups excluding carboxylic acids is 4. The zero-order valence-corrected chi connectivity index (χ0v) is 31.3. The van der Waals surface area contributed by atoms with Crippen molar-refractivity contribution in [1.29, 1.82) is 0 Å². The maximum absolute atomic E-state index is 13.5. The van der Waals surface area contributed by atoms with E-state index in [9.17, 15) is 29.1 Å². The summed E-state index contributed by atoms with van der Waals surface area (Å²) in [6, 6.07) is 9.00. The standard InChI is InChI=1S/C37H56O12/c1-21(23(28(38)39)19-22-17-15-14-16-18-22)45-29-27(49-33(43)37(11,12)13)26(48-32(42)36(8,9)10)25(47-31(41)35(5,6)7)24(46-29)20-44-30(40)34(2,3)4/h14-18,21,23-27,29H,19-20H2,1-13H3,(H,38,39)/t21-,23?,24+,25+,26-,27+,29+/m0/s1. The second-order valence-electron chi connectivity index (χ2n) is 16.7. The smallest absolute Gasteiger partial charge is 0.311 e. The molecule has 1 aromatic carbocycles. The van der Waals surface area contributed by atoms with Crippen molar-refractivity contribution >= 4 is 29.8 Å². The molecule has 1 heterocycles. The van der Waals surface area contributed by atoms with Crippen LogP contribution in [0.15, 0.2) is 30.3 Å². The molecule has 7 atom stereocenters. The molecule has 1 N–H and O–H groups in total. The molecule has 0 bridgehead atoms. The Labute approximate surface area is 290 Å². The summed E-state index contributed by atoms with van der Waals surface area (Å²) in [5, 5.41) is 10.2. The molecule has 12 heteroatoms. The van der Waals surface area contributed by atoms with Crippen LogP contribution in [-0.4, -0.2) is 78.4 Å². The predicted octanol–water partition coefficient (Wildman–Crippen LogP) is 5.52. The number of aliphatic carboxylic acids is 1. The molecular weight excluding hydrogens is 636 g/mol. The zero-order chi connectivity index (χ0) is 37.7. The molecule has 276 valence electrons. The Balaban J connectivity index is 2.72. The molecule has 1 fully saturated rings. The summed E-state index contributed by atoms with van der Waals surface area (Å²) in [5.41, 5.74) is -3.24. The van der Waals surface area contributed by atoms with Crippen LogP contribution in [0.5, 0.6) is 0 Å². The van der Waals surface area contributed by atoms with Gasteiger partial charge in [-0.3, -0.25) is 24.0 Å². The van der Waals surface area contributed by atoms with Gasteiger partial charge in [0.25, 0.3) is 0 Å². The number of ether oxygens (including phenoxy) is 6. The molecule has 1 aliphatic heterocycles. The number of esters is 4. The van der Waals surface area contributed by atoms with Crippen molar-refractivity contribution in [3.63, 3.8) is 0 Å². The molecule has 0 aliphatic carbocycles. The number of rotatable bonds is 11. The van der Waals surface area contributed by atoms with Crippen molar-refractivity contribution in [3.05, 3.63) is 35.9 Å². The Hall–Kier alpha value is -3.51. The third kappa shape index (κ3) is 12.1. The van der Waals surface area contributed by atoms with E-state index in [0.717, 1.165) is 5.56 Å². The van der Waals surface area contributed by atoms with E-state index in [2.05, 4.69) is 0 Å². The van der Waals surface area contributed by atoms with E-state index in [0.29, 0.717) is 0 Å². The lowest BCUT2D eigenvalue weighted by Gasteiger charge is -2.46. The van der Waals surface area contributed by atoms with Crippen molar-refractivity contribution < 1.29 is 57.5 Å². The van der Waals surface area contributed by atoms with Crippen LogP contribution in [0.4, 0.5) is 0 Å². The normalized spacial score (nSPS) is 23.1. The summed E-state index contributed by atoms with van der Waals surface area (Å²) in [6.07, 6.45) is -8.22. The van der Waals surface area contributed by atoms with Crippen LogP contribution in [0.1, 0.15) is 95.6 Å². The maximum Gasteiger partial charge on any atom is 0.311 e. The molecule has 1 unspecified atom stereocenters. The van der Waals surface area contributed by atoms with Gasteiger partial charge in [-0.25, -0.2) is 0 Å². The Morgan fingerprint density at radius 2 is 1.10 bits per heavy atom. The van der Waals surface area contributed by atoms with E-state index in [-0.39, 0.29) is 6.42 Å². The quantitative estimate of drug-likeness (QED) is 0.229. The molecule has 1 aliphatic rings. The molecule has 49 heavy (non-hydrogen) atoms. The van der Waals surface area contributed by atoms with Crippen LogP contribution in [0.2, 0.25) is 0 Å². The molecule has 0 amide bonds. The highest BCUT2D eigenvalue weighted by Gasteiger charge is 2.55. The highest BCUT2D eigenvalue weighted by Crippen LogP contribution is 2.35. The zero-order valence-electron chi connectivity index (χ0n) is 31.3. The van der Waals surface area contributed by atoms with Crippen molar-refractivity contribution in [2.45, 2.75) is 133 Å². The number of carboxylic acids is 1. The van der Waals surface area contributed by atoms with Gasteiger partial charge in [0.2, 0.25) is 0 Å². The fourth-order valence-electron chi connectivity index (χ4n) is 4.43. The first-order valence-electron chi connectivity index (χ1n) is 16.6. The van der Waals surface area contributed by atoms with E-state index in [1.54, 1.807) is 114 Å². The van der Waals surface area contributed by atoms with Gasteiger partial charge in [-0.1, -0.05) is 30.3 Å². The van der Waals surface area contributed by atoms with Crippen LogP contribution in [0.3, 0.4) is 0 Å². The van der Waals surface area contributed by atoms with Crippen molar-refractivity contribution in [2.75, 3.05) is 6.61 Å². The lowest BCUT2D eigenvalue weighted by Crippen LogP contribution is -2.64. The Bertz CT molecular complexity index is 1310. The average Bonchev–Trinajstić information content (AvgIpc) is 2.95. The van der Waals surface area contributed by atoms with Crippen LogP contribution in [0, 0.1) is 27.6 Å². The van der Waals surface area contributed by atoms with E-state index in [1.165, 1.54) is 0 Å². The monoisotopic (exact) mass is 692 g/mol. The summed E-state index contributed by atoms with van der Waals surface area (Å²) in [6.45, 7) is 20.7. The largest absolute Gasteiger partial charge is 0.481 e. The number of carboxylic acid groups (broad SMARTS) is 1. The van der Waals surface area contributed by atoms with Crippen molar-refractivity contribution in [2.24, 2.45) is 27.6 Å². The molecule has 2 rings (SSSR count). The van der Waals surface area contributed by atoms with E-state index in [1.807, 2.05) is 6.07 Å². The predicted molar refractivity (Wildman–Crippen MR) is 179 cm³/mol. The third-order valence-electron chi connectivity index (χ3n) is 7.68. The van der Waals surface area contributed by atoms with Gasteiger partial charge < -0.3 is 33.5 Å². The highest BCUT2D eigenvalue weighted by atomic mass is 16.7. The molecule has 0 spiro atoms. The number of carbonyl (C=O) groups is 5. The summed E-state index contributed by atoms with van der Waals surface area (Å²) < 4.78 is 36.1. The summed E-state index contributed by atoms with van der Waals surface area (Å²) in [4.78, 5) is 65.6. The first-order valence-corrected chi connectivity index (χ1v) is 16.6. The molecule has 12 nitrogen and oxygen atoms in total. The van der Waals surface area contributed by atoms with Gasteiger partial charge in [-0.15, -0.1) is 0 Å². The summed E-state index contributed by atoms with van der Waals surface area (Å²) >= 11 is 0. The van der Waals surface area contributed by atoms with Gasteiger partial charge in [0.15, 0.2) is 24.6 Å². The van der Waals surface area contributed by atoms with Gasteiger partial charge in [-0.2, -0.15) is 0 Å². The van der Waals surface area contributed by atoms with Crippen molar-refractivity contribution in [1.82, 2.24) is 0 Å². The first-order chi connectivity index (χ1) is 22.2. The topological polar surface area (TPSA) is 161 Å². The Kier molecular flexibility index (Phi) is 13.6. The fourth-order valence-corrected chi connectivity index (χ4v) is 4.43. The molecule has 0 aromatic heterocycles. The number of hydrogen-bond acceptors (Lipinski definition) is 11. The van der Waals surface area contributed by atoms with E-state index in [4.69, 9.17) is 28.4 Å². The molecule has 0 radical (unpaired) electrons.